The van der Waals surface area contributed by atoms with Crippen LogP contribution in [0.25, 0.3) is 21.5 Å². The molecule has 0 bridgehead atoms. The Labute approximate surface area is 168 Å². The van der Waals surface area contributed by atoms with E-state index in [9.17, 15) is 15.0 Å². The van der Waals surface area contributed by atoms with Crippen molar-refractivity contribution >= 4 is 39.2 Å². The van der Waals surface area contributed by atoms with E-state index in [2.05, 4.69) is 5.32 Å². The minimum atomic E-state index is -1.22. The van der Waals surface area contributed by atoms with Gasteiger partial charge in [0.1, 0.15) is 17.8 Å². The van der Waals surface area contributed by atoms with Crippen LogP contribution in [-0.4, -0.2) is 34.6 Å². The summed E-state index contributed by atoms with van der Waals surface area (Å²) in [5, 5.41) is 27.7. The number of fused-ring (bicyclic) bond motifs is 2. The second-order valence-corrected chi connectivity index (χ2v) is 8.09. The molecule has 0 aliphatic carbocycles. The van der Waals surface area contributed by atoms with E-state index in [4.69, 9.17) is 16.3 Å². The van der Waals surface area contributed by atoms with Crippen molar-refractivity contribution in [2.75, 3.05) is 6.54 Å². The Morgan fingerprint density at radius 1 is 1.00 bits per heavy atom. The molecule has 2 atom stereocenters. The summed E-state index contributed by atoms with van der Waals surface area (Å²) < 4.78 is 5.17. The molecular weight excluding hydrogens is 378 g/mol. The van der Waals surface area contributed by atoms with Crippen molar-refractivity contribution in [3.05, 3.63) is 59.1 Å². The van der Waals surface area contributed by atoms with Crippen molar-refractivity contribution in [3.63, 3.8) is 0 Å². The molecule has 3 aromatic rings. The van der Waals surface area contributed by atoms with Crippen LogP contribution in [0.5, 0.6) is 0 Å². The van der Waals surface area contributed by atoms with Gasteiger partial charge < -0.3 is 20.3 Å². The number of carbonyl (C=O) groups is 1. The molecule has 2 unspecified atom stereocenters. The zero-order valence-corrected chi connectivity index (χ0v) is 16.8. The molecule has 0 fully saturated rings. The Hall–Kier alpha value is -2.34. The highest BCUT2D eigenvalue weighted by Gasteiger charge is 2.25. The third-order valence-corrected chi connectivity index (χ3v) is 4.83. The van der Waals surface area contributed by atoms with Crippen molar-refractivity contribution < 1.29 is 19.7 Å². The number of rotatable bonds is 4. The molecule has 0 aromatic heterocycles. The minimum Gasteiger partial charge on any atom is -0.444 e. The molecule has 3 aromatic carbocycles. The summed E-state index contributed by atoms with van der Waals surface area (Å²) in [4.78, 5) is 11.8. The second-order valence-electron chi connectivity index (χ2n) is 7.71. The summed E-state index contributed by atoms with van der Waals surface area (Å²) in [5.41, 5.74) is -0.0648. The normalized spacial score (nSPS) is 14.1. The van der Waals surface area contributed by atoms with Crippen LogP contribution in [0.2, 0.25) is 5.02 Å². The fourth-order valence-electron chi connectivity index (χ4n) is 3.23. The Balaban J connectivity index is 1.95. The highest BCUT2D eigenvalue weighted by atomic mass is 35.5. The molecule has 0 heterocycles. The van der Waals surface area contributed by atoms with Crippen molar-refractivity contribution in [2.24, 2.45) is 0 Å². The number of halogens is 1. The first-order valence-electron chi connectivity index (χ1n) is 9.11. The lowest BCUT2D eigenvalue weighted by Gasteiger charge is -2.24. The molecular formula is C22H24ClNO4. The number of nitrogens with one attached hydrogen (secondary N) is 1. The Morgan fingerprint density at radius 3 is 1.93 bits per heavy atom. The van der Waals surface area contributed by atoms with Crippen molar-refractivity contribution in [1.82, 2.24) is 5.32 Å². The van der Waals surface area contributed by atoms with E-state index < -0.39 is 23.9 Å². The molecule has 0 aliphatic heterocycles. The van der Waals surface area contributed by atoms with Gasteiger partial charge in [-0.15, -0.1) is 0 Å². The largest absolute Gasteiger partial charge is 0.444 e. The van der Waals surface area contributed by atoms with Crippen LogP contribution < -0.4 is 5.32 Å². The molecule has 0 spiro atoms. The van der Waals surface area contributed by atoms with Crippen molar-refractivity contribution in [3.8, 4) is 0 Å². The predicted molar refractivity (Wildman–Crippen MR) is 112 cm³/mol. The van der Waals surface area contributed by atoms with Crippen LogP contribution in [0.4, 0.5) is 4.79 Å². The van der Waals surface area contributed by atoms with Gasteiger partial charge in [-0.1, -0.05) is 60.1 Å². The van der Waals surface area contributed by atoms with Gasteiger partial charge in [0.2, 0.25) is 0 Å². The molecule has 1 amide bonds. The van der Waals surface area contributed by atoms with E-state index in [1.54, 1.807) is 20.8 Å². The van der Waals surface area contributed by atoms with Gasteiger partial charge in [0.05, 0.1) is 5.02 Å². The first kappa shape index (κ1) is 20.4. The molecule has 0 radical (unpaired) electrons. The van der Waals surface area contributed by atoms with Crippen molar-refractivity contribution in [1.29, 1.82) is 0 Å². The van der Waals surface area contributed by atoms with E-state index >= 15 is 0 Å². The third-order valence-electron chi connectivity index (χ3n) is 4.42. The zero-order chi connectivity index (χ0) is 20.5. The van der Waals surface area contributed by atoms with Crippen molar-refractivity contribution in [2.45, 2.75) is 38.6 Å². The van der Waals surface area contributed by atoms with Crippen LogP contribution in [0.3, 0.4) is 0 Å². The molecule has 0 saturated heterocycles. The highest BCUT2D eigenvalue weighted by Crippen LogP contribution is 2.39. The molecule has 3 rings (SSSR count). The monoisotopic (exact) mass is 401 g/mol. The molecule has 148 valence electrons. The number of hydrogen-bond acceptors (Lipinski definition) is 4. The van der Waals surface area contributed by atoms with Crippen LogP contribution in [-0.2, 0) is 4.74 Å². The number of benzene rings is 3. The minimum absolute atomic E-state index is 0.151. The number of hydrogen-bond donors (Lipinski definition) is 3. The second kappa shape index (κ2) is 7.95. The Morgan fingerprint density at radius 2 is 1.46 bits per heavy atom. The number of amides is 1. The predicted octanol–water partition coefficient (Wildman–Crippen LogP) is 4.57. The van der Waals surface area contributed by atoms with Gasteiger partial charge in [-0.3, -0.25) is 0 Å². The average Bonchev–Trinajstić information content (AvgIpc) is 2.65. The van der Waals surface area contributed by atoms with E-state index in [0.29, 0.717) is 10.6 Å². The maximum atomic E-state index is 11.8. The van der Waals surface area contributed by atoms with E-state index in [1.165, 1.54) is 0 Å². The first-order chi connectivity index (χ1) is 13.2. The van der Waals surface area contributed by atoms with Gasteiger partial charge in [-0.25, -0.2) is 4.79 Å². The lowest BCUT2D eigenvalue weighted by atomic mass is 9.91. The van der Waals surface area contributed by atoms with Gasteiger partial charge in [-0.2, -0.15) is 0 Å². The Kier molecular flexibility index (Phi) is 5.79. The molecule has 5 nitrogen and oxygen atoms in total. The first-order valence-corrected chi connectivity index (χ1v) is 9.48. The number of aliphatic hydroxyl groups excluding tert-OH is 2. The quantitative estimate of drug-likeness (QED) is 0.560. The number of ether oxygens (including phenoxy) is 1. The summed E-state index contributed by atoms with van der Waals surface area (Å²) in [7, 11) is 0. The third kappa shape index (κ3) is 4.22. The Bertz CT molecular complexity index is 956. The molecule has 0 aliphatic rings. The van der Waals surface area contributed by atoms with Gasteiger partial charge in [0.25, 0.3) is 0 Å². The maximum absolute atomic E-state index is 11.8. The van der Waals surface area contributed by atoms with E-state index in [-0.39, 0.29) is 6.54 Å². The van der Waals surface area contributed by atoms with Gasteiger partial charge in [0, 0.05) is 17.3 Å². The number of alkyl carbamates (subject to hydrolysis) is 1. The zero-order valence-electron chi connectivity index (χ0n) is 16.1. The van der Waals surface area contributed by atoms with Gasteiger partial charge >= 0.3 is 6.09 Å². The average molecular weight is 402 g/mol. The summed E-state index contributed by atoms with van der Waals surface area (Å²) in [6, 6.07) is 14.9. The molecule has 3 N–H and O–H groups in total. The smallest absolute Gasteiger partial charge is 0.407 e. The van der Waals surface area contributed by atoms with Crippen LogP contribution >= 0.6 is 11.6 Å². The van der Waals surface area contributed by atoms with Crippen LogP contribution in [0, 0.1) is 0 Å². The highest BCUT2D eigenvalue weighted by molar-refractivity contribution is 6.41. The lowest BCUT2D eigenvalue weighted by molar-refractivity contribution is 0.0143. The van der Waals surface area contributed by atoms with Crippen LogP contribution in [0.1, 0.15) is 32.4 Å². The summed E-state index contributed by atoms with van der Waals surface area (Å²) in [6.07, 6.45) is -3.09. The summed E-state index contributed by atoms with van der Waals surface area (Å²) >= 11 is 6.58. The standard InChI is InChI=1S/C22H24ClNO4/c1-22(2,3)28-21(27)24-12-17(25)20(26)18-13-8-4-6-10-15(13)19(23)16-11-7-5-9-14(16)18/h4-11,17,20,25-26H,12H2,1-3H3,(H,24,27). The number of carbonyl (C=O) groups excluding carboxylic acids is 1. The molecule has 6 heteroatoms. The van der Waals surface area contributed by atoms with Gasteiger partial charge in [-0.05, 0) is 37.1 Å². The molecule has 28 heavy (non-hydrogen) atoms. The SMILES string of the molecule is CC(C)(C)OC(=O)NCC(O)C(O)c1c2ccccc2c(Cl)c2ccccc12. The summed E-state index contributed by atoms with van der Waals surface area (Å²) in [5.74, 6) is 0. The number of aliphatic hydroxyl groups is 2. The fourth-order valence-corrected chi connectivity index (χ4v) is 3.56. The topological polar surface area (TPSA) is 78.8 Å². The van der Waals surface area contributed by atoms with E-state index in [0.717, 1.165) is 21.5 Å². The molecule has 0 saturated carbocycles. The lowest BCUT2D eigenvalue weighted by Crippen LogP contribution is -2.38. The van der Waals surface area contributed by atoms with E-state index in [1.807, 2.05) is 48.5 Å². The van der Waals surface area contributed by atoms with Gasteiger partial charge in [0.15, 0.2) is 0 Å². The summed E-state index contributed by atoms with van der Waals surface area (Å²) in [6.45, 7) is 5.11. The fraction of sp³-hybridized carbons (Fsp3) is 0.318. The maximum Gasteiger partial charge on any atom is 0.407 e. The van der Waals surface area contributed by atoms with Crippen LogP contribution in [0.15, 0.2) is 48.5 Å².